The number of benzene rings is 2. The van der Waals surface area contributed by atoms with Gasteiger partial charge in [0.1, 0.15) is 5.78 Å². The van der Waals surface area contributed by atoms with Gasteiger partial charge >= 0.3 is 0 Å². The Kier molecular flexibility index (Phi) is 4.82. The van der Waals surface area contributed by atoms with E-state index in [1.54, 1.807) is 0 Å². The second-order valence-corrected chi connectivity index (χ2v) is 6.62. The van der Waals surface area contributed by atoms with Crippen molar-refractivity contribution in [2.45, 2.75) is 53.4 Å². The normalized spacial score (nSPS) is 11.6. The van der Waals surface area contributed by atoms with Gasteiger partial charge in [-0.1, -0.05) is 58.0 Å². The minimum atomic E-state index is 0.132. The molecule has 0 saturated heterocycles. The van der Waals surface area contributed by atoms with Crippen LogP contribution >= 0.6 is 0 Å². The highest BCUT2D eigenvalue weighted by atomic mass is 16.1. The Hall–Kier alpha value is -1.63. The Morgan fingerprint density at radius 3 is 2.38 bits per heavy atom. The quantitative estimate of drug-likeness (QED) is 0.714. The number of hydrogen-bond donors (Lipinski definition) is 0. The summed E-state index contributed by atoms with van der Waals surface area (Å²) in [5, 5.41) is 2.59. The third-order valence-corrected chi connectivity index (χ3v) is 4.32. The lowest BCUT2D eigenvalue weighted by molar-refractivity contribution is -0.121. The number of ketones is 1. The molecule has 0 aliphatic heterocycles. The average molecular weight is 282 g/mol. The van der Waals surface area contributed by atoms with Gasteiger partial charge < -0.3 is 0 Å². The molecule has 0 unspecified atom stereocenters. The van der Waals surface area contributed by atoms with E-state index in [2.05, 4.69) is 51.1 Å². The molecule has 0 amide bonds. The highest BCUT2D eigenvalue weighted by Crippen LogP contribution is 2.27. The van der Waals surface area contributed by atoms with Crippen LogP contribution < -0.4 is 0 Å². The fraction of sp³-hybridized carbons (Fsp3) is 0.450. The summed E-state index contributed by atoms with van der Waals surface area (Å²) in [4.78, 5) is 11.9. The van der Waals surface area contributed by atoms with E-state index >= 15 is 0 Å². The molecule has 1 heteroatoms. The molecule has 0 bridgehead atoms. The molecule has 2 aromatic rings. The molecule has 0 heterocycles. The molecule has 0 spiro atoms. The summed E-state index contributed by atoms with van der Waals surface area (Å²) in [7, 11) is 0. The average Bonchev–Trinajstić information content (AvgIpc) is 2.45. The van der Waals surface area contributed by atoms with Crippen molar-refractivity contribution in [3.05, 3.63) is 47.0 Å². The van der Waals surface area contributed by atoms with Crippen molar-refractivity contribution in [1.29, 1.82) is 0 Å². The lowest BCUT2D eigenvalue weighted by atomic mass is 9.91. The molecular formula is C20H26O. The molecule has 0 aliphatic carbocycles. The molecule has 0 radical (unpaired) electrons. The first kappa shape index (κ1) is 15.8. The van der Waals surface area contributed by atoms with Gasteiger partial charge in [-0.15, -0.1) is 0 Å². The van der Waals surface area contributed by atoms with Crippen LogP contribution in [0.4, 0.5) is 0 Å². The van der Waals surface area contributed by atoms with Crippen LogP contribution in [-0.4, -0.2) is 5.78 Å². The van der Waals surface area contributed by atoms with E-state index in [9.17, 15) is 4.79 Å². The highest BCUT2D eigenvalue weighted by molar-refractivity contribution is 5.88. The second-order valence-electron chi connectivity index (χ2n) is 6.62. The van der Waals surface area contributed by atoms with Gasteiger partial charge in [0.2, 0.25) is 0 Å². The van der Waals surface area contributed by atoms with Crippen LogP contribution in [0, 0.1) is 12.8 Å². The van der Waals surface area contributed by atoms with Crippen LogP contribution in [-0.2, 0) is 11.2 Å². The maximum atomic E-state index is 11.9. The molecule has 0 atom stereocenters. The lowest BCUT2D eigenvalue weighted by Crippen LogP contribution is -2.08. The molecule has 0 N–H and O–H groups in total. The largest absolute Gasteiger partial charge is 0.299 e. The molecule has 112 valence electrons. The molecule has 0 aromatic heterocycles. The Bertz CT molecular complexity index is 650. The number of carbonyl (C=O) groups is 1. The summed E-state index contributed by atoms with van der Waals surface area (Å²) < 4.78 is 0. The standard InChI is InChI=1S/C20H26O/c1-13(2)16-8-9-19-17(12-16)7-6-15(5)18(19)10-11-20(21)14(3)4/h6-9,12-14H,10-11H2,1-5H3. The van der Waals surface area contributed by atoms with Gasteiger partial charge in [-0.3, -0.25) is 4.79 Å². The van der Waals surface area contributed by atoms with Gasteiger partial charge in [-0.25, -0.2) is 0 Å². The monoisotopic (exact) mass is 282 g/mol. The third kappa shape index (κ3) is 3.53. The van der Waals surface area contributed by atoms with Gasteiger partial charge in [0.15, 0.2) is 0 Å². The molecule has 2 rings (SSSR count). The first-order chi connectivity index (χ1) is 9.90. The zero-order valence-electron chi connectivity index (χ0n) is 13.9. The zero-order chi connectivity index (χ0) is 15.6. The summed E-state index contributed by atoms with van der Waals surface area (Å²) in [6.45, 7) is 10.5. The van der Waals surface area contributed by atoms with E-state index in [0.29, 0.717) is 18.1 Å². The molecular weight excluding hydrogens is 256 g/mol. The number of hydrogen-bond acceptors (Lipinski definition) is 1. The summed E-state index contributed by atoms with van der Waals surface area (Å²) in [5.74, 6) is 1.03. The maximum Gasteiger partial charge on any atom is 0.135 e. The highest BCUT2D eigenvalue weighted by Gasteiger charge is 2.11. The Balaban J connectivity index is 2.38. The van der Waals surface area contributed by atoms with Crippen LogP contribution in [0.25, 0.3) is 10.8 Å². The minimum Gasteiger partial charge on any atom is -0.299 e. The van der Waals surface area contributed by atoms with Crippen LogP contribution in [0.5, 0.6) is 0 Å². The predicted molar refractivity (Wildman–Crippen MR) is 90.9 cm³/mol. The van der Waals surface area contributed by atoms with Crippen LogP contribution in [0.2, 0.25) is 0 Å². The molecule has 0 fully saturated rings. The Morgan fingerprint density at radius 2 is 1.76 bits per heavy atom. The maximum absolute atomic E-state index is 11.9. The fourth-order valence-electron chi connectivity index (χ4n) is 2.75. The van der Waals surface area contributed by atoms with Gasteiger partial charge in [0.05, 0.1) is 0 Å². The van der Waals surface area contributed by atoms with Crippen molar-refractivity contribution in [3.8, 4) is 0 Å². The number of aryl methyl sites for hydroxylation is 2. The molecule has 0 aliphatic rings. The topological polar surface area (TPSA) is 17.1 Å². The van der Waals surface area contributed by atoms with Crippen molar-refractivity contribution in [2.75, 3.05) is 0 Å². The van der Waals surface area contributed by atoms with E-state index in [4.69, 9.17) is 0 Å². The van der Waals surface area contributed by atoms with E-state index in [-0.39, 0.29) is 5.92 Å². The summed E-state index contributed by atoms with van der Waals surface area (Å²) >= 11 is 0. The van der Waals surface area contributed by atoms with E-state index in [1.807, 2.05) is 13.8 Å². The van der Waals surface area contributed by atoms with Crippen molar-refractivity contribution in [2.24, 2.45) is 5.92 Å². The summed E-state index contributed by atoms with van der Waals surface area (Å²) in [6, 6.07) is 11.1. The number of fused-ring (bicyclic) bond motifs is 1. The summed E-state index contributed by atoms with van der Waals surface area (Å²) in [6.07, 6.45) is 1.49. The van der Waals surface area contributed by atoms with Crippen molar-refractivity contribution >= 4 is 16.6 Å². The lowest BCUT2D eigenvalue weighted by Gasteiger charge is -2.13. The zero-order valence-corrected chi connectivity index (χ0v) is 13.9. The first-order valence-corrected chi connectivity index (χ1v) is 7.95. The second kappa shape index (κ2) is 6.43. The number of rotatable bonds is 5. The van der Waals surface area contributed by atoms with Gasteiger partial charge in [0, 0.05) is 12.3 Å². The molecule has 1 nitrogen and oxygen atoms in total. The smallest absolute Gasteiger partial charge is 0.135 e. The number of Topliss-reactive ketones (excluding diaryl/α,β-unsaturated/α-hetero) is 1. The van der Waals surface area contributed by atoms with Crippen molar-refractivity contribution in [1.82, 2.24) is 0 Å². The molecule has 0 saturated carbocycles. The van der Waals surface area contributed by atoms with E-state index < -0.39 is 0 Å². The summed E-state index contributed by atoms with van der Waals surface area (Å²) in [5.41, 5.74) is 3.99. The predicted octanol–water partition coefficient (Wildman–Crippen LogP) is 5.43. The van der Waals surface area contributed by atoms with Crippen molar-refractivity contribution < 1.29 is 4.79 Å². The minimum absolute atomic E-state index is 0.132. The van der Waals surface area contributed by atoms with Crippen molar-refractivity contribution in [3.63, 3.8) is 0 Å². The van der Waals surface area contributed by atoms with E-state index in [0.717, 1.165) is 6.42 Å². The Labute approximate surface area is 128 Å². The Morgan fingerprint density at radius 1 is 1.05 bits per heavy atom. The van der Waals surface area contributed by atoms with E-state index in [1.165, 1.54) is 27.5 Å². The molecule has 21 heavy (non-hydrogen) atoms. The van der Waals surface area contributed by atoms with Gasteiger partial charge in [-0.2, -0.15) is 0 Å². The first-order valence-electron chi connectivity index (χ1n) is 7.95. The van der Waals surface area contributed by atoms with Crippen LogP contribution in [0.15, 0.2) is 30.3 Å². The molecule has 2 aromatic carbocycles. The van der Waals surface area contributed by atoms with Gasteiger partial charge in [0.25, 0.3) is 0 Å². The van der Waals surface area contributed by atoms with Gasteiger partial charge in [-0.05, 0) is 46.7 Å². The third-order valence-electron chi connectivity index (χ3n) is 4.32. The van der Waals surface area contributed by atoms with Crippen LogP contribution in [0.3, 0.4) is 0 Å². The van der Waals surface area contributed by atoms with Crippen LogP contribution in [0.1, 0.15) is 56.7 Å². The fourth-order valence-corrected chi connectivity index (χ4v) is 2.75. The number of carbonyl (C=O) groups excluding carboxylic acids is 1. The SMILES string of the molecule is Cc1ccc2cc(C(C)C)ccc2c1CCC(=O)C(C)C.